The fraction of sp³-hybridized carbons (Fsp3) is 0.385. The number of guanidine groups is 1. The summed E-state index contributed by atoms with van der Waals surface area (Å²) in [5, 5.41) is 7.01. The average molecular weight is 575 g/mol. The molecule has 1 unspecified atom stereocenters. The van der Waals surface area contributed by atoms with Gasteiger partial charge < -0.3 is 24.8 Å². The Bertz CT molecular complexity index is 1040. The van der Waals surface area contributed by atoms with Crippen LogP contribution in [0.15, 0.2) is 72.0 Å². The van der Waals surface area contributed by atoms with Gasteiger partial charge in [-0.3, -0.25) is 4.99 Å². The van der Waals surface area contributed by atoms with Crippen LogP contribution in [0.1, 0.15) is 24.7 Å². The number of anilines is 1. The number of methoxy groups -OCH3 is 1. The Morgan fingerprint density at radius 3 is 2.74 bits per heavy atom. The van der Waals surface area contributed by atoms with Gasteiger partial charge >= 0.3 is 0 Å². The van der Waals surface area contributed by atoms with Crippen LogP contribution in [0.4, 0.5) is 5.69 Å². The monoisotopic (exact) mass is 574 g/mol. The van der Waals surface area contributed by atoms with Crippen molar-refractivity contribution >= 4 is 35.6 Å². The van der Waals surface area contributed by atoms with Crippen molar-refractivity contribution in [1.29, 1.82) is 0 Å². The average Bonchev–Trinajstić information content (AvgIpc) is 3.49. The van der Waals surface area contributed by atoms with Crippen molar-refractivity contribution in [2.24, 2.45) is 4.99 Å². The van der Waals surface area contributed by atoms with Gasteiger partial charge in [0.25, 0.3) is 0 Å². The minimum absolute atomic E-state index is 0. The fourth-order valence-electron chi connectivity index (χ4n) is 4.26. The van der Waals surface area contributed by atoms with E-state index in [4.69, 9.17) is 9.73 Å². The van der Waals surface area contributed by atoms with Crippen molar-refractivity contribution in [3.8, 4) is 5.75 Å². The van der Waals surface area contributed by atoms with Crippen LogP contribution < -0.4 is 20.3 Å². The van der Waals surface area contributed by atoms with Crippen molar-refractivity contribution in [3.63, 3.8) is 0 Å². The first kappa shape index (κ1) is 25.9. The Hall–Kier alpha value is -2.75. The van der Waals surface area contributed by atoms with Gasteiger partial charge in [-0.15, -0.1) is 24.0 Å². The number of para-hydroxylation sites is 2. The molecule has 1 aliphatic heterocycles. The molecule has 1 aliphatic rings. The highest BCUT2D eigenvalue weighted by Gasteiger charge is 2.25. The standard InChI is InChI=1S/C26H34N6O.HI/c1-3-27-26(30-22-14-17-31(20-22)23-11-7-8-12-24(23)33-2)29-15-13-25-28-16-18-32(25)19-21-9-5-4-6-10-21;/h4-12,16,18,22H,3,13-15,17,19-20H2,1-2H3,(H2,27,29,30);1H. The van der Waals surface area contributed by atoms with E-state index < -0.39 is 0 Å². The maximum absolute atomic E-state index is 5.54. The molecule has 4 rings (SSSR count). The molecule has 7 nitrogen and oxygen atoms in total. The van der Waals surface area contributed by atoms with Crippen molar-refractivity contribution in [3.05, 3.63) is 78.4 Å². The maximum Gasteiger partial charge on any atom is 0.191 e. The zero-order valence-electron chi connectivity index (χ0n) is 20.0. The second-order valence-corrected chi connectivity index (χ2v) is 8.22. The molecule has 182 valence electrons. The maximum atomic E-state index is 5.54. The zero-order valence-corrected chi connectivity index (χ0v) is 22.3. The number of aliphatic imine (C=N–C) groups is 1. The van der Waals surface area contributed by atoms with Crippen LogP contribution >= 0.6 is 24.0 Å². The number of hydrogen-bond donors (Lipinski definition) is 2. The first-order chi connectivity index (χ1) is 16.3. The normalized spacial score (nSPS) is 15.6. The molecular weight excluding hydrogens is 539 g/mol. The number of nitrogens with zero attached hydrogens (tertiary/aromatic N) is 4. The first-order valence-corrected chi connectivity index (χ1v) is 11.7. The minimum Gasteiger partial charge on any atom is -0.495 e. The van der Waals surface area contributed by atoms with Crippen LogP contribution in [-0.2, 0) is 13.0 Å². The Kier molecular flexibility index (Phi) is 10.1. The summed E-state index contributed by atoms with van der Waals surface area (Å²) >= 11 is 0. The molecule has 0 spiro atoms. The molecule has 0 radical (unpaired) electrons. The molecule has 8 heteroatoms. The zero-order chi connectivity index (χ0) is 22.9. The van der Waals surface area contributed by atoms with Crippen LogP contribution in [0.25, 0.3) is 0 Å². The summed E-state index contributed by atoms with van der Waals surface area (Å²) in [6.45, 7) is 6.36. The largest absolute Gasteiger partial charge is 0.495 e. The van der Waals surface area contributed by atoms with Gasteiger partial charge in [0.15, 0.2) is 5.96 Å². The highest BCUT2D eigenvalue weighted by Crippen LogP contribution is 2.30. The molecule has 1 atom stereocenters. The van der Waals surface area contributed by atoms with E-state index in [9.17, 15) is 0 Å². The molecule has 0 bridgehead atoms. The van der Waals surface area contributed by atoms with Crippen LogP contribution in [0.5, 0.6) is 5.75 Å². The molecule has 1 saturated heterocycles. The van der Waals surface area contributed by atoms with Gasteiger partial charge in [0, 0.05) is 57.6 Å². The van der Waals surface area contributed by atoms with Crippen molar-refractivity contribution < 1.29 is 4.74 Å². The number of halogens is 1. The second-order valence-electron chi connectivity index (χ2n) is 8.22. The van der Waals surface area contributed by atoms with E-state index in [1.54, 1.807) is 7.11 Å². The first-order valence-electron chi connectivity index (χ1n) is 11.7. The number of hydrogen-bond acceptors (Lipinski definition) is 4. The van der Waals surface area contributed by atoms with E-state index in [0.29, 0.717) is 12.6 Å². The van der Waals surface area contributed by atoms with Gasteiger partial charge in [-0.2, -0.15) is 0 Å². The van der Waals surface area contributed by atoms with E-state index in [2.05, 4.69) is 68.4 Å². The molecule has 1 aromatic heterocycles. The summed E-state index contributed by atoms with van der Waals surface area (Å²) < 4.78 is 7.74. The lowest BCUT2D eigenvalue weighted by atomic mass is 10.2. The summed E-state index contributed by atoms with van der Waals surface area (Å²) in [5.41, 5.74) is 2.42. The fourth-order valence-corrected chi connectivity index (χ4v) is 4.26. The van der Waals surface area contributed by atoms with Gasteiger partial charge in [-0.05, 0) is 31.0 Å². The Balaban J connectivity index is 0.00000324. The lowest BCUT2D eigenvalue weighted by molar-refractivity contribution is 0.415. The summed E-state index contributed by atoms with van der Waals surface area (Å²) in [4.78, 5) is 11.8. The van der Waals surface area contributed by atoms with Gasteiger partial charge in [0.05, 0.1) is 12.8 Å². The molecule has 2 heterocycles. The molecule has 2 N–H and O–H groups in total. The van der Waals surface area contributed by atoms with Gasteiger partial charge in [-0.25, -0.2) is 4.98 Å². The number of benzene rings is 2. The Morgan fingerprint density at radius 2 is 1.94 bits per heavy atom. The summed E-state index contributed by atoms with van der Waals surface area (Å²) in [7, 11) is 1.73. The molecule has 3 aromatic rings. The molecule has 0 saturated carbocycles. The van der Waals surface area contributed by atoms with Crippen molar-refractivity contribution in [2.75, 3.05) is 38.2 Å². The van der Waals surface area contributed by atoms with Crippen LogP contribution in [0.3, 0.4) is 0 Å². The molecule has 2 aromatic carbocycles. The lowest BCUT2D eigenvalue weighted by Gasteiger charge is -2.22. The summed E-state index contributed by atoms with van der Waals surface area (Å²) in [5.74, 6) is 2.84. The smallest absolute Gasteiger partial charge is 0.191 e. The van der Waals surface area contributed by atoms with Crippen molar-refractivity contribution in [2.45, 2.75) is 32.4 Å². The molecule has 0 aliphatic carbocycles. The highest BCUT2D eigenvalue weighted by molar-refractivity contribution is 14.0. The predicted octanol–water partition coefficient (Wildman–Crippen LogP) is 3.93. The topological polar surface area (TPSA) is 66.7 Å². The molecule has 34 heavy (non-hydrogen) atoms. The predicted molar refractivity (Wildman–Crippen MR) is 150 cm³/mol. The Labute approximate surface area is 219 Å². The van der Waals surface area contributed by atoms with Crippen molar-refractivity contribution in [1.82, 2.24) is 20.2 Å². The third-order valence-corrected chi connectivity index (χ3v) is 5.90. The van der Waals surface area contributed by atoms with Gasteiger partial charge in [-0.1, -0.05) is 42.5 Å². The number of imidazole rings is 1. The SMILES string of the molecule is CCNC(=NCCc1nccn1Cc1ccccc1)NC1CCN(c2ccccc2OC)C1.I. The third-order valence-electron chi connectivity index (χ3n) is 5.90. The number of nitrogens with one attached hydrogen (secondary N) is 2. The number of aromatic nitrogens is 2. The molecule has 0 amide bonds. The van der Waals surface area contributed by atoms with Gasteiger partial charge in [0.2, 0.25) is 0 Å². The Morgan fingerprint density at radius 1 is 1.15 bits per heavy atom. The van der Waals surface area contributed by atoms with E-state index in [1.807, 2.05) is 30.6 Å². The quantitative estimate of drug-likeness (QED) is 0.231. The molecule has 1 fully saturated rings. The van der Waals surface area contributed by atoms with Gasteiger partial charge in [0.1, 0.15) is 11.6 Å². The van der Waals surface area contributed by atoms with E-state index in [0.717, 1.165) is 62.2 Å². The van der Waals surface area contributed by atoms with E-state index >= 15 is 0 Å². The molecular formula is C26H35IN6O. The summed E-state index contributed by atoms with van der Waals surface area (Å²) in [6, 6.07) is 19.0. The second kappa shape index (κ2) is 13.2. The number of ether oxygens (including phenoxy) is 1. The van der Waals surface area contributed by atoms with Crippen LogP contribution in [-0.4, -0.2) is 54.8 Å². The van der Waals surface area contributed by atoms with Crippen LogP contribution in [0, 0.1) is 0 Å². The minimum atomic E-state index is 0. The van der Waals surface area contributed by atoms with E-state index in [1.165, 1.54) is 5.56 Å². The number of rotatable bonds is 9. The van der Waals surface area contributed by atoms with E-state index in [-0.39, 0.29) is 24.0 Å². The highest BCUT2D eigenvalue weighted by atomic mass is 127. The van der Waals surface area contributed by atoms with Crippen LogP contribution in [0.2, 0.25) is 0 Å². The lowest BCUT2D eigenvalue weighted by Crippen LogP contribution is -2.44. The third kappa shape index (κ3) is 6.88. The summed E-state index contributed by atoms with van der Waals surface area (Å²) in [6.07, 6.45) is 5.77.